The molecular weight excluding hydrogens is 515 g/mol. The molecule has 4 rings (SSSR count). The zero-order chi connectivity index (χ0) is 25.5. The number of methoxy groups -OCH3 is 2. The quantitative estimate of drug-likeness (QED) is 0.219. The lowest BCUT2D eigenvalue weighted by Crippen LogP contribution is -2.24. The lowest BCUT2D eigenvalue weighted by Gasteiger charge is -2.15. The summed E-state index contributed by atoms with van der Waals surface area (Å²) < 4.78 is 10.7. The van der Waals surface area contributed by atoms with Gasteiger partial charge in [0.2, 0.25) is 5.91 Å². The highest BCUT2D eigenvalue weighted by Gasteiger charge is 2.21. The maximum absolute atomic E-state index is 13.0. The Morgan fingerprint density at radius 1 is 1.00 bits per heavy atom. The van der Waals surface area contributed by atoms with Crippen molar-refractivity contribution in [1.82, 2.24) is 4.98 Å². The molecule has 0 fully saturated rings. The first-order chi connectivity index (χ1) is 17.5. The number of benzene rings is 2. The molecular formula is C26H25N3O4S3. The molecule has 4 aromatic rings. The van der Waals surface area contributed by atoms with Crippen molar-refractivity contribution in [1.29, 1.82) is 0 Å². The monoisotopic (exact) mass is 539 g/mol. The molecule has 0 spiro atoms. The van der Waals surface area contributed by atoms with E-state index in [2.05, 4.69) is 15.6 Å². The van der Waals surface area contributed by atoms with Crippen LogP contribution in [0.5, 0.6) is 11.5 Å². The molecule has 1 atom stereocenters. The minimum Gasteiger partial charge on any atom is -0.496 e. The van der Waals surface area contributed by atoms with Crippen LogP contribution in [0.1, 0.15) is 23.7 Å². The van der Waals surface area contributed by atoms with Crippen molar-refractivity contribution in [3.63, 3.8) is 0 Å². The number of thiophene rings is 1. The maximum Gasteiger partial charge on any atom is 0.263 e. The summed E-state index contributed by atoms with van der Waals surface area (Å²) in [5.41, 5.74) is 1.78. The third kappa shape index (κ3) is 6.07. The predicted octanol–water partition coefficient (Wildman–Crippen LogP) is 6.65. The summed E-state index contributed by atoms with van der Waals surface area (Å²) in [5.74, 6) is 0.387. The lowest BCUT2D eigenvalue weighted by molar-refractivity contribution is -0.115. The van der Waals surface area contributed by atoms with Gasteiger partial charge in [-0.3, -0.25) is 9.59 Å². The van der Waals surface area contributed by atoms with Gasteiger partial charge >= 0.3 is 0 Å². The standard InChI is InChI=1S/C26H25N3O4S3/c1-4-21(24(30)29-26-28-18(15-35-26)22-12-7-13-34-22)36-17-9-5-8-16(14-17)27-25(31)23-19(32-2)10-6-11-20(23)33-3/h5-15,21H,4H2,1-3H3,(H,27,31)(H,28,29,30). The van der Waals surface area contributed by atoms with Crippen molar-refractivity contribution in [3.05, 3.63) is 70.9 Å². The molecule has 0 bridgehead atoms. The van der Waals surface area contributed by atoms with Gasteiger partial charge in [0, 0.05) is 16.0 Å². The van der Waals surface area contributed by atoms with Crippen molar-refractivity contribution in [2.75, 3.05) is 24.9 Å². The molecule has 0 saturated heterocycles. The fraction of sp³-hybridized carbons (Fsp3) is 0.192. The molecule has 10 heteroatoms. The van der Waals surface area contributed by atoms with Gasteiger partial charge < -0.3 is 20.1 Å². The van der Waals surface area contributed by atoms with Crippen LogP contribution >= 0.6 is 34.4 Å². The molecule has 0 aliphatic rings. The molecule has 2 N–H and O–H groups in total. The number of nitrogens with zero attached hydrogens (tertiary/aromatic N) is 1. The van der Waals surface area contributed by atoms with Gasteiger partial charge in [-0.1, -0.05) is 25.1 Å². The highest BCUT2D eigenvalue weighted by molar-refractivity contribution is 8.00. The Hall–Kier alpha value is -3.34. The van der Waals surface area contributed by atoms with Crippen LogP contribution < -0.4 is 20.1 Å². The fourth-order valence-electron chi connectivity index (χ4n) is 3.46. The van der Waals surface area contributed by atoms with E-state index < -0.39 is 0 Å². The molecule has 2 heterocycles. The lowest BCUT2D eigenvalue weighted by atomic mass is 10.1. The Morgan fingerprint density at radius 2 is 1.75 bits per heavy atom. The van der Waals surface area contributed by atoms with Crippen LogP contribution in [-0.4, -0.2) is 36.3 Å². The first kappa shape index (κ1) is 25.7. The number of carbonyl (C=O) groups is 2. The number of aromatic nitrogens is 1. The van der Waals surface area contributed by atoms with Gasteiger partial charge in [-0.15, -0.1) is 34.4 Å². The van der Waals surface area contributed by atoms with Crippen molar-refractivity contribution < 1.29 is 19.1 Å². The number of hydrogen-bond acceptors (Lipinski definition) is 8. The zero-order valence-corrected chi connectivity index (χ0v) is 22.4. The van der Waals surface area contributed by atoms with E-state index in [0.717, 1.165) is 15.5 Å². The van der Waals surface area contributed by atoms with Gasteiger partial charge in [0.25, 0.3) is 5.91 Å². The van der Waals surface area contributed by atoms with E-state index in [1.165, 1.54) is 37.3 Å². The Balaban J connectivity index is 1.43. The number of nitrogens with one attached hydrogen (secondary N) is 2. The molecule has 0 aliphatic heterocycles. The maximum atomic E-state index is 13.0. The van der Waals surface area contributed by atoms with Crippen molar-refractivity contribution in [3.8, 4) is 22.1 Å². The van der Waals surface area contributed by atoms with E-state index in [9.17, 15) is 9.59 Å². The average Bonchev–Trinajstić information content (AvgIpc) is 3.59. The van der Waals surface area contributed by atoms with Crippen molar-refractivity contribution in [2.45, 2.75) is 23.5 Å². The number of hydrogen-bond donors (Lipinski definition) is 2. The highest BCUT2D eigenvalue weighted by atomic mass is 32.2. The van der Waals surface area contributed by atoms with Crippen LogP contribution in [-0.2, 0) is 4.79 Å². The van der Waals surface area contributed by atoms with Crippen LogP contribution in [0.15, 0.2) is 70.3 Å². The minimum absolute atomic E-state index is 0.109. The highest BCUT2D eigenvalue weighted by Crippen LogP contribution is 2.32. The Morgan fingerprint density at radius 3 is 2.42 bits per heavy atom. The van der Waals surface area contributed by atoms with Gasteiger partial charge in [-0.25, -0.2) is 4.98 Å². The Kier molecular flexibility index (Phi) is 8.63. The third-order valence-electron chi connectivity index (χ3n) is 5.20. The van der Waals surface area contributed by atoms with Gasteiger partial charge in [0.1, 0.15) is 17.1 Å². The van der Waals surface area contributed by atoms with Crippen molar-refractivity contribution in [2.24, 2.45) is 0 Å². The molecule has 2 aromatic heterocycles. The van der Waals surface area contributed by atoms with Crippen molar-refractivity contribution >= 4 is 57.1 Å². The number of carbonyl (C=O) groups excluding carboxylic acids is 2. The van der Waals surface area contributed by atoms with E-state index in [0.29, 0.717) is 34.3 Å². The summed E-state index contributed by atoms with van der Waals surface area (Å²) in [7, 11) is 3.01. The van der Waals surface area contributed by atoms with E-state index in [-0.39, 0.29) is 17.1 Å². The minimum atomic E-state index is -0.346. The summed E-state index contributed by atoms with van der Waals surface area (Å²) in [4.78, 5) is 32.5. The average molecular weight is 540 g/mol. The third-order valence-corrected chi connectivity index (χ3v) is 8.20. The van der Waals surface area contributed by atoms with Crippen LogP contribution in [0.4, 0.5) is 10.8 Å². The van der Waals surface area contributed by atoms with E-state index in [1.54, 1.807) is 35.6 Å². The Bertz CT molecular complexity index is 1320. The summed E-state index contributed by atoms with van der Waals surface area (Å²) >= 11 is 4.46. The topological polar surface area (TPSA) is 89.5 Å². The summed E-state index contributed by atoms with van der Waals surface area (Å²) in [6.45, 7) is 1.97. The molecule has 186 valence electrons. The number of thioether (sulfide) groups is 1. The van der Waals surface area contributed by atoms with Crippen LogP contribution in [0, 0.1) is 0 Å². The van der Waals surface area contributed by atoms with Crippen LogP contribution in [0.2, 0.25) is 0 Å². The largest absolute Gasteiger partial charge is 0.496 e. The second kappa shape index (κ2) is 12.1. The molecule has 7 nitrogen and oxygen atoms in total. The molecule has 0 radical (unpaired) electrons. The Labute approximate surface area is 221 Å². The predicted molar refractivity (Wildman–Crippen MR) is 148 cm³/mol. The second-order valence-electron chi connectivity index (χ2n) is 7.54. The van der Waals surface area contributed by atoms with Gasteiger partial charge in [0.15, 0.2) is 5.13 Å². The number of ether oxygens (including phenoxy) is 2. The first-order valence-corrected chi connectivity index (χ1v) is 13.8. The van der Waals surface area contributed by atoms with E-state index >= 15 is 0 Å². The number of amides is 2. The summed E-state index contributed by atoms with van der Waals surface area (Å²) in [5, 5.41) is 10.0. The van der Waals surface area contributed by atoms with Gasteiger partial charge in [-0.05, 0) is 48.2 Å². The molecule has 2 amide bonds. The number of anilines is 2. The van der Waals surface area contributed by atoms with E-state index in [4.69, 9.17) is 9.47 Å². The molecule has 2 aromatic carbocycles. The molecule has 0 aliphatic carbocycles. The smallest absolute Gasteiger partial charge is 0.263 e. The summed E-state index contributed by atoms with van der Waals surface area (Å²) in [6.07, 6.45) is 0.634. The van der Waals surface area contributed by atoms with Crippen LogP contribution in [0.25, 0.3) is 10.6 Å². The first-order valence-electron chi connectivity index (χ1n) is 11.1. The normalized spacial score (nSPS) is 11.5. The second-order valence-corrected chi connectivity index (χ2v) is 10.6. The molecule has 36 heavy (non-hydrogen) atoms. The zero-order valence-electron chi connectivity index (χ0n) is 19.9. The SMILES string of the molecule is CCC(Sc1cccc(NC(=O)c2c(OC)cccc2OC)c1)C(=O)Nc1nc(-c2cccs2)cs1. The van der Waals surface area contributed by atoms with Gasteiger partial charge in [-0.2, -0.15) is 0 Å². The van der Waals surface area contributed by atoms with Gasteiger partial charge in [0.05, 0.1) is 30.0 Å². The van der Waals surface area contributed by atoms with E-state index in [1.807, 2.05) is 48.0 Å². The fourth-order valence-corrected chi connectivity index (χ4v) is 5.94. The number of rotatable bonds is 10. The summed E-state index contributed by atoms with van der Waals surface area (Å²) in [6, 6.07) is 16.6. The van der Waals surface area contributed by atoms with Crippen LogP contribution in [0.3, 0.4) is 0 Å². The number of thiazole rings is 1. The molecule has 0 saturated carbocycles. The molecule has 1 unspecified atom stereocenters.